The molecule has 3 aliphatic carbocycles. The molecule has 0 saturated carbocycles. The molecule has 2 aromatic rings. The quantitative estimate of drug-likeness (QED) is 0.729. The molecule has 32 heavy (non-hydrogen) atoms. The zero-order valence-corrected chi connectivity index (χ0v) is 19.1. The van der Waals surface area contributed by atoms with Gasteiger partial charge in [0.05, 0.1) is 5.71 Å². The maximum atomic E-state index is 12.7. The minimum Gasteiger partial charge on any atom is -0.356 e. The van der Waals surface area contributed by atoms with E-state index in [1.165, 1.54) is 22.3 Å². The molecular weight excluding hydrogens is 422 g/mol. The molecule has 2 aromatic carbocycles. The summed E-state index contributed by atoms with van der Waals surface area (Å²) in [7, 11) is -3.65. The Hall–Kier alpha value is -2.93. The molecule has 2 N–H and O–H groups in total. The van der Waals surface area contributed by atoms with Crippen molar-refractivity contribution in [2.45, 2.75) is 44.9 Å². The zero-order chi connectivity index (χ0) is 22.5. The van der Waals surface area contributed by atoms with Gasteiger partial charge < -0.3 is 5.32 Å². The summed E-state index contributed by atoms with van der Waals surface area (Å²) in [6.07, 6.45) is 1.80. The molecule has 6 nitrogen and oxygen atoms in total. The van der Waals surface area contributed by atoms with Crippen molar-refractivity contribution in [2.75, 3.05) is 6.54 Å². The lowest BCUT2D eigenvalue weighted by molar-refractivity contribution is -0.121. The summed E-state index contributed by atoms with van der Waals surface area (Å²) < 4.78 is 29.4. The van der Waals surface area contributed by atoms with Gasteiger partial charge in [-0.05, 0) is 60.4 Å². The van der Waals surface area contributed by atoms with E-state index < -0.39 is 10.2 Å². The van der Waals surface area contributed by atoms with E-state index in [1.807, 2.05) is 0 Å². The molecule has 1 atom stereocenters. The topological polar surface area (TPSA) is 87.6 Å². The first kappa shape index (κ1) is 20.9. The van der Waals surface area contributed by atoms with E-state index in [9.17, 15) is 13.2 Å². The largest absolute Gasteiger partial charge is 0.356 e. The van der Waals surface area contributed by atoms with E-state index in [0.717, 1.165) is 12.0 Å². The molecule has 0 fully saturated rings. The van der Waals surface area contributed by atoms with Crippen molar-refractivity contribution in [3.63, 3.8) is 0 Å². The standard InChI is InChI=1S/C25H27N3O3S/c1-15-18(16(2)28-32(30,31)27-15)11-12-24(29)26-14-17-13-23-19-7-3-5-9-21(19)25(17)22-10-6-4-8-20(22)23/h3-10,17,23,25,27H,11-14H2,1-2H3,(H,26,29)/t17-,23?,25?/m0/s1. The first-order valence-electron chi connectivity index (χ1n) is 11.1. The van der Waals surface area contributed by atoms with Gasteiger partial charge in [0.2, 0.25) is 5.91 Å². The average molecular weight is 450 g/mol. The van der Waals surface area contributed by atoms with E-state index in [1.54, 1.807) is 13.8 Å². The molecule has 1 amide bonds. The predicted octanol–water partition coefficient (Wildman–Crippen LogP) is 3.76. The van der Waals surface area contributed by atoms with Crippen molar-refractivity contribution in [3.8, 4) is 0 Å². The Morgan fingerprint density at radius 3 is 2.22 bits per heavy atom. The number of fused-ring (bicyclic) bond motifs is 1. The molecule has 166 valence electrons. The van der Waals surface area contributed by atoms with Crippen LogP contribution in [0, 0.1) is 5.92 Å². The number of amides is 1. The summed E-state index contributed by atoms with van der Waals surface area (Å²) in [4.78, 5) is 12.7. The van der Waals surface area contributed by atoms with Gasteiger partial charge in [-0.2, -0.15) is 8.42 Å². The molecular formula is C25H27N3O3S. The van der Waals surface area contributed by atoms with E-state index in [0.29, 0.717) is 48.5 Å². The van der Waals surface area contributed by atoms with Crippen LogP contribution in [0.4, 0.5) is 0 Å². The molecule has 0 saturated heterocycles. The number of rotatable bonds is 5. The Bertz CT molecular complexity index is 1220. The van der Waals surface area contributed by atoms with Crippen LogP contribution in [0.3, 0.4) is 0 Å². The van der Waals surface area contributed by atoms with Crippen molar-refractivity contribution >= 4 is 21.8 Å². The van der Waals surface area contributed by atoms with Gasteiger partial charge in [0, 0.05) is 30.5 Å². The Kier molecular flexibility index (Phi) is 5.16. The third kappa shape index (κ3) is 3.64. The Morgan fingerprint density at radius 2 is 1.62 bits per heavy atom. The summed E-state index contributed by atoms with van der Waals surface area (Å²) in [5.74, 6) is 1.03. The number of carbonyl (C=O) groups excluding carboxylic acids is 1. The van der Waals surface area contributed by atoms with Crippen LogP contribution < -0.4 is 10.0 Å². The summed E-state index contributed by atoms with van der Waals surface area (Å²) in [5.41, 5.74) is 7.42. The fraction of sp³-hybridized carbons (Fsp3) is 0.360. The lowest BCUT2D eigenvalue weighted by atomic mass is 9.59. The first-order valence-corrected chi connectivity index (χ1v) is 12.5. The number of hydrogen-bond acceptors (Lipinski definition) is 3. The van der Waals surface area contributed by atoms with Gasteiger partial charge >= 0.3 is 10.2 Å². The molecule has 0 unspecified atom stereocenters. The number of nitrogens with zero attached hydrogens (tertiary/aromatic N) is 1. The normalized spacial score (nSPS) is 24.8. The lowest BCUT2D eigenvalue weighted by Crippen LogP contribution is -2.39. The van der Waals surface area contributed by atoms with Crippen LogP contribution in [-0.2, 0) is 15.0 Å². The summed E-state index contributed by atoms with van der Waals surface area (Å²) >= 11 is 0. The zero-order valence-electron chi connectivity index (χ0n) is 18.3. The van der Waals surface area contributed by atoms with Crippen LogP contribution in [0.1, 0.15) is 67.2 Å². The fourth-order valence-electron chi connectivity index (χ4n) is 5.68. The third-order valence-electron chi connectivity index (χ3n) is 7.01. The van der Waals surface area contributed by atoms with Crippen LogP contribution in [-0.4, -0.2) is 26.6 Å². The average Bonchev–Trinajstić information content (AvgIpc) is 2.76. The minimum atomic E-state index is -3.65. The van der Waals surface area contributed by atoms with E-state index in [4.69, 9.17) is 0 Å². The van der Waals surface area contributed by atoms with Crippen molar-refractivity contribution in [3.05, 3.63) is 82.1 Å². The third-order valence-corrected chi connectivity index (χ3v) is 8.09. The number of allylic oxidation sites excluding steroid dienone is 2. The van der Waals surface area contributed by atoms with Gasteiger partial charge in [-0.3, -0.25) is 9.52 Å². The summed E-state index contributed by atoms with van der Waals surface area (Å²) in [6, 6.07) is 17.4. The maximum absolute atomic E-state index is 12.7. The summed E-state index contributed by atoms with van der Waals surface area (Å²) in [5, 5.41) is 3.14. The van der Waals surface area contributed by atoms with E-state index in [2.05, 4.69) is 63.0 Å². The SMILES string of the molecule is CC1=NS(=O)(=O)NC(C)=C1CCC(=O)NC[C@@H]1CC2c3ccccc3C1c1ccccc12. The highest BCUT2D eigenvalue weighted by atomic mass is 32.2. The van der Waals surface area contributed by atoms with Gasteiger partial charge in [-0.15, -0.1) is 4.40 Å². The highest BCUT2D eigenvalue weighted by Gasteiger charge is 2.42. The fourth-order valence-corrected chi connectivity index (χ4v) is 6.71. The number of carbonyl (C=O) groups is 1. The predicted molar refractivity (Wildman–Crippen MR) is 125 cm³/mol. The second-order valence-electron chi connectivity index (χ2n) is 8.95. The molecule has 1 aliphatic heterocycles. The van der Waals surface area contributed by atoms with Gasteiger partial charge in [-0.1, -0.05) is 48.5 Å². The van der Waals surface area contributed by atoms with Crippen LogP contribution in [0.15, 0.2) is 64.2 Å². The number of nitrogens with one attached hydrogen (secondary N) is 2. The second-order valence-corrected chi connectivity index (χ2v) is 10.3. The van der Waals surface area contributed by atoms with Gasteiger partial charge in [-0.25, -0.2) is 0 Å². The lowest BCUT2D eigenvalue weighted by Gasteiger charge is -2.45. The van der Waals surface area contributed by atoms with E-state index >= 15 is 0 Å². The first-order chi connectivity index (χ1) is 15.3. The van der Waals surface area contributed by atoms with Gasteiger partial charge in [0.15, 0.2) is 0 Å². The monoisotopic (exact) mass is 449 g/mol. The van der Waals surface area contributed by atoms with Crippen molar-refractivity contribution in [1.82, 2.24) is 10.0 Å². The molecule has 0 aromatic heterocycles. The van der Waals surface area contributed by atoms with Gasteiger partial charge in [0.1, 0.15) is 0 Å². The van der Waals surface area contributed by atoms with Crippen molar-refractivity contribution in [1.29, 1.82) is 0 Å². The minimum absolute atomic E-state index is 0.0189. The van der Waals surface area contributed by atoms with E-state index in [-0.39, 0.29) is 5.91 Å². The van der Waals surface area contributed by atoms with Crippen LogP contribution in [0.2, 0.25) is 0 Å². The molecule has 4 aliphatic rings. The maximum Gasteiger partial charge on any atom is 0.342 e. The van der Waals surface area contributed by atoms with Gasteiger partial charge in [0.25, 0.3) is 0 Å². The highest BCUT2D eigenvalue weighted by molar-refractivity contribution is 7.88. The van der Waals surface area contributed by atoms with Crippen molar-refractivity contribution in [2.24, 2.45) is 10.3 Å². The number of hydrogen-bond donors (Lipinski definition) is 2. The molecule has 2 bridgehead atoms. The second kappa shape index (κ2) is 7.89. The van der Waals surface area contributed by atoms with Crippen molar-refractivity contribution < 1.29 is 13.2 Å². The molecule has 0 radical (unpaired) electrons. The molecule has 0 spiro atoms. The molecule has 1 heterocycles. The van der Waals surface area contributed by atoms with Crippen LogP contribution in [0.25, 0.3) is 0 Å². The smallest absolute Gasteiger partial charge is 0.342 e. The Labute approximate surface area is 189 Å². The summed E-state index contributed by atoms with van der Waals surface area (Å²) in [6.45, 7) is 4.01. The highest BCUT2D eigenvalue weighted by Crippen LogP contribution is 2.55. The molecule has 6 rings (SSSR count). The number of benzene rings is 2. The Balaban J connectivity index is 1.27. The van der Waals surface area contributed by atoms with Crippen LogP contribution >= 0.6 is 0 Å². The molecule has 7 heteroatoms. The Morgan fingerprint density at radius 1 is 1.03 bits per heavy atom. The van der Waals surface area contributed by atoms with Crippen LogP contribution in [0.5, 0.6) is 0 Å².